The molecule has 0 saturated carbocycles. The molecule has 3 heteroatoms. The Morgan fingerprint density at radius 3 is 2.20 bits per heavy atom. The van der Waals surface area contributed by atoms with Crippen LogP contribution in [0.1, 0.15) is 138 Å². The molecule has 0 bridgehead atoms. The highest BCUT2D eigenvalue weighted by atomic mass is 16.6. The maximum absolute atomic E-state index is 12.1. The zero-order valence-electron chi connectivity index (χ0n) is 27.1. The molecule has 0 spiro atoms. The normalized spacial score (nSPS) is 16.6. The fourth-order valence-electron chi connectivity index (χ4n) is 5.14. The Labute approximate surface area is 252 Å². The van der Waals surface area contributed by atoms with Gasteiger partial charge in [-0.25, -0.2) is 4.79 Å². The second-order valence-electron chi connectivity index (χ2n) is 12.2. The van der Waals surface area contributed by atoms with Crippen molar-refractivity contribution in [3.63, 3.8) is 0 Å². The van der Waals surface area contributed by atoms with E-state index >= 15 is 0 Å². The average molecular weight is 563 g/mol. The smallest absolute Gasteiger partial charge is 0.338 e. The van der Waals surface area contributed by atoms with E-state index in [9.17, 15) is 9.59 Å². The molecule has 0 aromatic heterocycles. The van der Waals surface area contributed by atoms with Crippen molar-refractivity contribution in [2.75, 3.05) is 0 Å². The minimum absolute atomic E-state index is 0.231. The van der Waals surface area contributed by atoms with Crippen molar-refractivity contribution in [2.45, 2.75) is 138 Å². The van der Waals surface area contributed by atoms with Crippen LogP contribution in [0.3, 0.4) is 0 Å². The topological polar surface area (TPSA) is 43.4 Å². The number of esters is 2. The molecule has 3 nitrogen and oxygen atoms in total. The number of rotatable bonds is 19. The number of carbonyl (C=O) groups is 2. The van der Waals surface area contributed by atoms with Gasteiger partial charge in [0.2, 0.25) is 0 Å². The highest BCUT2D eigenvalue weighted by molar-refractivity contribution is 5.92. The number of carbonyl (C=O) groups excluding carboxylic acids is 2. The van der Waals surface area contributed by atoms with E-state index in [4.69, 9.17) is 4.74 Å². The van der Waals surface area contributed by atoms with Gasteiger partial charge < -0.3 is 4.74 Å². The highest BCUT2D eigenvalue weighted by Gasteiger charge is 2.26. The molecule has 1 aliphatic carbocycles. The van der Waals surface area contributed by atoms with Crippen molar-refractivity contribution < 1.29 is 14.3 Å². The summed E-state index contributed by atoms with van der Waals surface area (Å²) >= 11 is 0. The van der Waals surface area contributed by atoms with E-state index in [1.54, 1.807) is 0 Å². The van der Waals surface area contributed by atoms with Crippen molar-refractivity contribution >= 4 is 11.9 Å². The van der Waals surface area contributed by atoms with Gasteiger partial charge in [0.25, 0.3) is 0 Å². The molecule has 41 heavy (non-hydrogen) atoms. The molecule has 0 unspecified atom stereocenters. The zero-order chi connectivity index (χ0) is 30.3. The lowest BCUT2D eigenvalue weighted by molar-refractivity contribution is -0.156. The van der Waals surface area contributed by atoms with Crippen LogP contribution in [0.25, 0.3) is 0 Å². The molecule has 0 N–H and O–H groups in total. The molecule has 0 amide bonds. The Morgan fingerprint density at radius 2 is 1.51 bits per heavy atom. The minimum Gasteiger partial charge on any atom is -0.390 e. The summed E-state index contributed by atoms with van der Waals surface area (Å²) in [5, 5.41) is 0. The molecule has 0 aromatic carbocycles. The molecule has 0 atom stereocenters. The van der Waals surface area contributed by atoms with Crippen LogP contribution in [-0.2, 0) is 14.3 Å². The van der Waals surface area contributed by atoms with Gasteiger partial charge in [-0.2, -0.15) is 0 Å². The van der Waals surface area contributed by atoms with Gasteiger partial charge in [0, 0.05) is 12.5 Å². The number of unbranched alkanes of at least 4 members (excludes halogenated alkanes) is 8. The third-order valence-electron chi connectivity index (χ3n) is 7.67. The fraction of sp³-hybridized carbons (Fsp3) is 0.579. The van der Waals surface area contributed by atoms with Crippen LogP contribution >= 0.6 is 0 Å². The van der Waals surface area contributed by atoms with E-state index in [2.05, 4.69) is 71.1 Å². The summed E-state index contributed by atoms with van der Waals surface area (Å²) in [7, 11) is 0. The summed E-state index contributed by atoms with van der Waals surface area (Å²) in [6.45, 7) is 13.0. The summed E-state index contributed by atoms with van der Waals surface area (Å²) in [4.78, 5) is 24.1. The molecular weight excluding hydrogens is 504 g/mol. The van der Waals surface area contributed by atoms with E-state index in [0.717, 1.165) is 43.3 Å². The summed E-state index contributed by atoms with van der Waals surface area (Å²) in [6, 6.07) is 0. The average Bonchev–Trinajstić information content (AvgIpc) is 2.90. The van der Waals surface area contributed by atoms with E-state index in [0.29, 0.717) is 6.42 Å². The van der Waals surface area contributed by atoms with Gasteiger partial charge in [-0.3, -0.25) is 4.79 Å². The predicted molar refractivity (Wildman–Crippen MR) is 177 cm³/mol. The van der Waals surface area contributed by atoms with Crippen molar-refractivity contribution in [1.82, 2.24) is 0 Å². The fourth-order valence-corrected chi connectivity index (χ4v) is 5.14. The molecule has 0 saturated heterocycles. The van der Waals surface area contributed by atoms with Gasteiger partial charge in [0.05, 0.1) is 0 Å². The Morgan fingerprint density at radius 1 is 0.854 bits per heavy atom. The number of allylic oxidation sites excluding steroid dienone is 13. The van der Waals surface area contributed by atoms with E-state index in [-0.39, 0.29) is 5.41 Å². The molecule has 1 rings (SSSR count). The summed E-state index contributed by atoms with van der Waals surface area (Å²) < 4.78 is 4.97. The standard InChI is InChI=1S/C38H58O3/c1-7-8-9-10-11-12-13-14-15-16-17-18-19-20-21-27-36(39)41-37(40)31-33(3)25-22-24-32(2)28-29-35-34(4)26-23-30-38(35,5)6/h11-12,14-15,22,24-25,28-29,31H,7-10,13,16-21,23,26-27,30H2,1-6H3/b12-11-,15-14-,25-22+,29-28+,32-24+,33-31+. The van der Waals surface area contributed by atoms with Crippen LogP contribution in [0.15, 0.2) is 83.1 Å². The first-order valence-corrected chi connectivity index (χ1v) is 16.1. The maximum atomic E-state index is 12.1. The molecule has 0 radical (unpaired) electrons. The minimum atomic E-state index is -0.595. The number of hydrogen-bond donors (Lipinski definition) is 0. The molecule has 1 aliphatic rings. The van der Waals surface area contributed by atoms with Gasteiger partial charge in [0.15, 0.2) is 0 Å². The van der Waals surface area contributed by atoms with Crippen molar-refractivity contribution in [1.29, 1.82) is 0 Å². The third-order valence-corrected chi connectivity index (χ3v) is 7.67. The summed E-state index contributed by atoms with van der Waals surface area (Å²) in [6.07, 6.45) is 37.1. The lowest BCUT2D eigenvalue weighted by Gasteiger charge is -2.32. The maximum Gasteiger partial charge on any atom is 0.338 e. The quantitative estimate of drug-likeness (QED) is 0.0393. The second kappa shape index (κ2) is 22.0. The first-order valence-electron chi connectivity index (χ1n) is 16.1. The number of hydrogen-bond acceptors (Lipinski definition) is 3. The lowest BCUT2D eigenvalue weighted by Crippen LogP contribution is -2.19. The second-order valence-corrected chi connectivity index (χ2v) is 12.2. The summed E-state index contributed by atoms with van der Waals surface area (Å²) in [5.41, 5.74) is 5.06. The van der Waals surface area contributed by atoms with Crippen molar-refractivity contribution in [3.8, 4) is 0 Å². The van der Waals surface area contributed by atoms with E-state index in [1.165, 1.54) is 75.0 Å². The van der Waals surface area contributed by atoms with Gasteiger partial charge in [-0.1, -0.05) is 119 Å². The lowest BCUT2D eigenvalue weighted by atomic mass is 9.72. The summed E-state index contributed by atoms with van der Waals surface area (Å²) in [5.74, 6) is -1.04. The van der Waals surface area contributed by atoms with E-state index in [1.807, 2.05) is 25.2 Å². The molecule has 0 fully saturated rings. The van der Waals surface area contributed by atoms with Gasteiger partial charge in [-0.05, 0) is 95.1 Å². The molecule has 228 valence electrons. The predicted octanol–water partition coefficient (Wildman–Crippen LogP) is 11.4. The molecule has 0 heterocycles. The van der Waals surface area contributed by atoms with Gasteiger partial charge in [0.1, 0.15) is 0 Å². The van der Waals surface area contributed by atoms with Crippen LogP contribution in [0.4, 0.5) is 0 Å². The van der Waals surface area contributed by atoms with Crippen LogP contribution < -0.4 is 0 Å². The molecular formula is C38H58O3. The Kier molecular flexibility index (Phi) is 19.5. The SMILES string of the molecule is CCCCC/C=C\C/C=C\CCCCCCCC(=O)OC(=O)/C=C(C)/C=C/C=C(C)/C=C/C1=C(C)CCCC1(C)C. The Bertz CT molecular complexity index is 995. The van der Waals surface area contributed by atoms with Gasteiger partial charge >= 0.3 is 11.9 Å². The van der Waals surface area contributed by atoms with Crippen LogP contribution in [-0.4, -0.2) is 11.9 Å². The molecule has 0 aromatic rings. The van der Waals surface area contributed by atoms with Crippen molar-refractivity contribution in [3.05, 3.63) is 83.1 Å². The Balaban J connectivity index is 2.22. The Hall–Kier alpha value is -2.68. The first kappa shape index (κ1) is 36.3. The molecule has 0 aliphatic heterocycles. The zero-order valence-corrected chi connectivity index (χ0v) is 27.1. The van der Waals surface area contributed by atoms with Gasteiger partial charge in [-0.15, -0.1) is 0 Å². The third kappa shape index (κ3) is 18.4. The number of ether oxygens (including phenoxy) is 1. The monoisotopic (exact) mass is 562 g/mol. The first-order chi connectivity index (χ1) is 19.7. The largest absolute Gasteiger partial charge is 0.390 e. The van der Waals surface area contributed by atoms with Crippen LogP contribution in [0.5, 0.6) is 0 Å². The van der Waals surface area contributed by atoms with E-state index < -0.39 is 11.9 Å². The van der Waals surface area contributed by atoms with Crippen LogP contribution in [0, 0.1) is 5.41 Å². The van der Waals surface area contributed by atoms with Crippen molar-refractivity contribution in [2.24, 2.45) is 5.41 Å². The highest BCUT2D eigenvalue weighted by Crippen LogP contribution is 2.40. The van der Waals surface area contributed by atoms with Crippen LogP contribution in [0.2, 0.25) is 0 Å².